The van der Waals surface area contributed by atoms with Crippen molar-refractivity contribution in [1.29, 1.82) is 5.26 Å². The van der Waals surface area contributed by atoms with Crippen molar-refractivity contribution in [2.75, 3.05) is 0 Å². The highest BCUT2D eigenvalue weighted by Crippen LogP contribution is 2.32. The lowest BCUT2D eigenvalue weighted by atomic mass is 10.1. The third-order valence-corrected chi connectivity index (χ3v) is 3.25. The summed E-state index contributed by atoms with van der Waals surface area (Å²) < 4.78 is 14.0. The Morgan fingerprint density at radius 3 is 2.93 bits per heavy atom. The van der Waals surface area contributed by atoms with Crippen molar-refractivity contribution >= 4 is 33.0 Å². The van der Waals surface area contributed by atoms with Crippen molar-refractivity contribution < 1.29 is 4.39 Å². The van der Waals surface area contributed by atoms with E-state index in [1.165, 1.54) is 0 Å². The second-order valence-corrected chi connectivity index (χ2v) is 4.06. The summed E-state index contributed by atoms with van der Waals surface area (Å²) in [6.45, 7) is 0. The van der Waals surface area contributed by atoms with Crippen LogP contribution >= 0.6 is 22.9 Å². The Labute approximate surface area is 89.3 Å². The molecule has 0 fully saturated rings. The molecule has 0 atom stereocenters. The first kappa shape index (κ1) is 9.45. The first-order chi connectivity index (χ1) is 6.77. The number of thiophene rings is 1. The monoisotopic (exact) mass is 225 g/mol. The molecule has 0 aliphatic rings. The number of alkyl halides is 1. The topological polar surface area (TPSA) is 23.8 Å². The Kier molecular flexibility index (Phi) is 2.40. The van der Waals surface area contributed by atoms with Crippen LogP contribution in [0.3, 0.4) is 0 Å². The number of hydrogen-bond donors (Lipinski definition) is 0. The first-order valence-corrected chi connectivity index (χ1v) is 5.29. The second-order valence-electron chi connectivity index (χ2n) is 2.79. The van der Waals surface area contributed by atoms with Gasteiger partial charge >= 0.3 is 0 Å². The van der Waals surface area contributed by atoms with E-state index in [0.717, 1.165) is 21.6 Å². The quantitative estimate of drug-likeness (QED) is 0.680. The molecule has 0 amide bonds. The van der Waals surface area contributed by atoms with Gasteiger partial charge in [0.2, 0.25) is 0 Å². The predicted octanol–water partition coefficient (Wildman–Crippen LogP) is 3.65. The third kappa shape index (κ3) is 1.28. The molecule has 0 aliphatic heterocycles. The maximum absolute atomic E-state index is 13.3. The van der Waals surface area contributed by atoms with E-state index in [1.54, 1.807) is 6.07 Å². The Morgan fingerprint density at radius 2 is 2.29 bits per heavy atom. The van der Waals surface area contributed by atoms with Gasteiger partial charge in [-0.1, -0.05) is 12.1 Å². The van der Waals surface area contributed by atoms with Crippen LogP contribution in [0, 0.1) is 16.5 Å². The number of nitriles is 1. The van der Waals surface area contributed by atoms with Crippen molar-refractivity contribution in [1.82, 2.24) is 0 Å². The van der Waals surface area contributed by atoms with Crippen LogP contribution in [0.1, 0.15) is 11.1 Å². The lowest BCUT2D eigenvalue weighted by Gasteiger charge is -1.97. The molecule has 1 aromatic heterocycles. The van der Waals surface area contributed by atoms with E-state index in [4.69, 9.17) is 16.9 Å². The summed E-state index contributed by atoms with van der Waals surface area (Å²) in [5.41, 5.74) is 0.919. The highest BCUT2D eigenvalue weighted by atomic mass is 35.5. The second kappa shape index (κ2) is 3.56. The van der Waals surface area contributed by atoms with E-state index in [1.807, 2.05) is 18.2 Å². The highest BCUT2D eigenvalue weighted by molar-refractivity contribution is 7.17. The first-order valence-electron chi connectivity index (χ1n) is 3.94. The van der Waals surface area contributed by atoms with E-state index < -0.39 is 5.13 Å². The Bertz CT molecular complexity index is 527. The summed E-state index contributed by atoms with van der Waals surface area (Å²) in [4.78, 5) is 0. The van der Waals surface area contributed by atoms with Gasteiger partial charge in [0, 0.05) is 16.0 Å². The van der Waals surface area contributed by atoms with Crippen LogP contribution in [0.5, 0.6) is 0 Å². The maximum atomic E-state index is 13.3. The molecule has 0 spiro atoms. The smallest absolute Gasteiger partial charge is 0.194 e. The van der Waals surface area contributed by atoms with Gasteiger partial charge in [0.25, 0.3) is 0 Å². The molecule has 1 nitrogen and oxygen atoms in total. The van der Waals surface area contributed by atoms with Crippen molar-refractivity contribution in [2.45, 2.75) is 5.88 Å². The summed E-state index contributed by atoms with van der Waals surface area (Å²) in [5.74, 6) is 0.294. The van der Waals surface area contributed by atoms with Gasteiger partial charge in [-0.15, -0.1) is 22.9 Å². The molecule has 0 aliphatic carbocycles. The number of hydrogen-bond acceptors (Lipinski definition) is 2. The fourth-order valence-electron chi connectivity index (χ4n) is 1.40. The van der Waals surface area contributed by atoms with Crippen LogP contribution in [0.2, 0.25) is 0 Å². The molecule has 4 heteroatoms. The number of benzene rings is 1. The van der Waals surface area contributed by atoms with Crippen LogP contribution in [-0.2, 0) is 5.88 Å². The van der Waals surface area contributed by atoms with Gasteiger partial charge in [0.15, 0.2) is 5.13 Å². The molecule has 0 saturated carbocycles. The highest BCUT2D eigenvalue weighted by Gasteiger charge is 2.13. The van der Waals surface area contributed by atoms with Gasteiger partial charge in [-0.3, -0.25) is 0 Å². The van der Waals surface area contributed by atoms with Gasteiger partial charge in [0.05, 0.1) is 0 Å². The fraction of sp³-hybridized carbons (Fsp3) is 0.100. The Morgan fingerprint density at radius 1 is 1.50 bits per heavy atom. The van der Waals surface area contributed by atoms with Gasteiger partial charge in [-0.25, -0.2) is 0 Å². The van der Waals surface area contributed by atoms with Crippen LogP contribution in [0.4, 0.5) is 4.39 Å². The number of nitrogens with zero attached hydrogens (tertiary/aromatic N) is 1. The van der Waals surface area contributed by atoms with Gasteiger partial charge < -0.3 is 0 Å². The largest absolute Gasteiger partial charge is 0.195 e. The fourth-order valence-corrected chi connectivity index (χ4v) is 2.55. The van der Waals surface area contributed by atoms with Crippen LogP contribution in [0.15, 0.2) is 18.2 Å². The zero-order valence-corrected chi connectivity index (χ0v) is 8.62. The molecule has 1 aromatic carbocycles. The molecule has 2 aromatic rings. The van der Waals surface area contributed by atoms with Gasteiger partial charge in [0.1, 0.15) is 11.6 Å². The molecular formula is C10H5ClFNS. The van der Waals surface area contributed by atoms with Crippen molar-refractivity contribution in [3.05, 3.63) is 34.5 Å². The minimum atomic E-state index is -0.430. The Hall–Kier alpha value is -1.11. The zero-order valence-electron chi connectivity index (χ0n) is 7.05. The SMILES string of the molecule is N#Cc1c(F)sc2cccc(CCl)c12. The number of halogens is 2. The predicted molar refractivity (Wildman–Crippen MR) is 56.1 cm³/mol. The summed E-state index contributed by atoms with van der Waals surface area (Å²) in [6, 6.07) is 7.29. The van der Waals surface area contributed by atoms with E-state index in [-0.39, 0.29) is 5.56 Å². The van der Waals surface area contributed by atoms with Gasteiger partial charge in [-0.05, 0) is 11.6 Å². The normalized spacial score (nSPS) is 10.4. The van der Waals surface area contributed by atoms with Crippen LogP contribution in [0.25, 0.3) is 10.1 Å². The third-order valence-electron chi connectivity index (χ3n) is 2.01. The minimum absolute atomic E-state index is 0.112. The summed E-state index contributed by atoms with van der Waals surface area (Å²) >= 11 is 6.70. The average Bonchev–Trinajstić information content (AvgIpc) is 2.52. The lowest BCUT2D eigenvalue weighted by Crippen LogP contribution is -1.81. The molecule has 2 rings (SSSR count). The zero-order chi connectivity index (χ0) is 10.1. The van der Waals surface area contributed by atoms with E-state index in [9.17, 15) is 4.39 Å². The van der Waals surface area contributed by atoms with E-state index in [2.05, 4.69) is 0 Å². The van der Waals surface area contributed by atoms with Crippen LogP contribution in [-0.4, -0.2) is 0 Å². The number of fused-ring (bicyclic) bond motifs is 1. The maximum Gasteiger partial charge on any atom is 0.195 e. The minimum Gasteiger partial charge on any atom is -0.194 e. The molecule has 0 unspecified atom stereocenters. The molecular weight excluding hydrogens is 221 g/mol. The van der Waals surface area contributed by atoms with E-state index in [0.29, 0.717) is 11.3 Å². The lowest BCUT2D eigenvalue weighted by molar-refractivity contribution is 0.655. The number of rotatable bonds is 1. The summed E-state index contributed by atoms with van der Waals surface area (Å²) in [6.07, 6.45) is 0. The molecule has 0 radical (unpaired) electrons. The average molecular weight is 226 g/mol. The molecule has 1 heterocycles. The summed E-state index contributed by atoms with van der Waals surface area (Å²) in [7, 11) is 0. The Balaban J connectivity index is 2.91. The molecule has 0 N–H and O–H groups in total. The molecule has 70 valence electrons. The van der Waals surface area contributed by atoms with Gasteiger partial charge in [-0.2, -0.15) is 9.65 Å². The standard InChI is InChI=1S/C10H5ClFNS/c11-4-6-2-1-3-8-9(6)7(5-13)10(12)14-8/h1-3H,4H2. The van der Waals surface area contributed by atoms with Crippen molar-refractivity contribution in [2.24, 2.45) is 0 Å². The summed E-state index contributed by atoms with van der Waals surface area (Å²) in [5, 5.41) is 9.03. The van der Waals surface area contributed by atoms with Crippen LogP contribution < -0.4 is 0 Å². The van der Waals surface area contributed by atoms with E-state index >= 15 is 0 Å². The van der Waals surface area contributed by atoms with Crippen molar-refractivity contribution in [3.8, 4) is 6.07 Å². The molecule has 0 saturated heterocycles. The molecule has 0 bridgehead atoms. The molecule has 14 heavy (non-hydrogen) atoms. The van der Waals surface area contributed by atoms with Crippen molar-refractivity contribution in [3.63, 3.8) is 0 Å².